The molecule has 1 unspecified atom stereocenters. The van der Waals surface area contributed by atoms with Crippen molar-refractivity contribution in [3.05, 3.63) is 24.2 Å². The molecular weight excluding hydrogens is 248 g/mol. The van der Waals surface area contributed by atoms with Gasteiger partial charge < -0.3 is 14.6 Å². The largest absolute Gasteiger partial charge is 0.469 e. The topological polar surface area (TPSA) is 28.4 Å². The van der Waals surface area contributed by atoms with E-state index in [-0.39, 0.29) is 0 Å². The van der Waals surface area contributed by atoms with Crippen LogP contribution in [0.15, 0.2) is 22.8 Å². The quantitative estimate of drug-likeness (QED) is 0.740. The fourth-order valence-electron chi connectivity index (χ4n) is 2.85. The summed E-state index contributed by atoms with van der Waals surface area (Å²) in [6.07, 6.45) is 7.96. The summed E-state index contributed by atoms with van der Waals surface area (Å²) in [5.74, 6) is 2.03. The molecular formula is C17H30N2O. The molecule has 1 saturated heterocycles. The molecule has 0 aliphatic carbocycles. The van der Waals surface area contributed by atoms with Crippen LogP contribution in [0.25, 0.3) is 0 Å². The molecule has 3 heteroatoms. The zero-order valence-corrected chi connectivity index (χ0v) is 13.1. The Bertz CT molecular complexity index is 342. The second kappa shape index (κ2) is 8.48. The van der Waals surface area contributed by atoms with Gasteiger partial charge in [-0.3, -0.25) is 0 Å². The molecule has 20 heavy (non-hydrogen) atoms. The summed E-state index contributed by atoms with van der Waals surface area (Å²) in [6.45, 7) is 9.63. The first-order chi connectivity index (χ1) is 9.74. The van der Waals surface area contributed by atoms with Crippen LogP contribution in [0.3, 0.4) is 0 Å². The zero-order valence-electron chi connectivity index (χ0n) is 13.1. The van der Waals surface area contributed by atoms with Crippen molar-refractivity contribution in [3.63, 3.8) is 0 Å². The second-order valence-corrected chi connectivity index (χ2v) is 6.35. The molecule has 2 rings (SSSR count). The first kappa shape index (κ1) is 15.6. The van der Waals surface area contributed by atoms with Gasteiger partial charge in [-0.2, -0.15) is 0 Å². The van der Waals surface area contributed by atoms with Crippen LogP contribution < -0.4 is 5.32 Å². The van der Waals surface area contributed by atoms with Gasteiger partial charge in [-0.1, -0.05) is 6.92 Å². The smallest absolute Gasteiger partial charge is 0.103 e. The lowest BCUT2D eigenvalue weighted by molar-refractivity contribution is 0.190. The molecule has 1 N–H and O–H groups in total. The van der Waals surface area contributed by atoms with E-state index < -0.39 is 0 Å². The van der Waals surface area contributed by atoms with Crippen molar-refractivity contribution in [3.8, 4) is 0 Å². The molecule has 0 bridgehead atoms. The molecule has 0 amide bonds. The van der Waals surface area contributed by atoms with Crippen molar-refractivity contribution in [2.45, 2.75) is 52.0 Å². The summed E-state index contributed by atoms with van der Waals surface area (Å²) in [4.78, 5) is 2.62. The van der Waals surface area contributed by atoms with Crippen molar-refractivity contribution in [2.24, 2.45) is 5.92 Å². The fourth-order valence-corrected chi connectivity index (χ4v) is 2.85. The average Bonchev–Trinajstić information content (AvgIpc) is 2.96. The Morgan fingerprint density at radius 2 is 2.20 bits per heavy atom. The third kappa shape index (κ3) is 5.68. The van der Waals surface area contributed by atoms with Gasteiger partial charge in [0.25, 0.3) is 0 Å². The number of piperidine rings is 1. The monoisotopic (exact) mass is 278 g/mol. The summed E-state index contributed by atoms with van der Waals surface area (Å²) in [6, 6.07) is 4.60. The molecule has 1 aliphatic heterocycles. The van der Waals surface area contributed by atoms with E-state index in [4.69, 9.17) is 4.42 Å². The van der Waals surface area contributed by atoms with Crippen LogP contribution in [0.5, 0.6) is 0 Å². The number of aryl methyl sites for hydroxylation is 1. The van der Waals surface area contributed by atoms with Crippen LogP contribution in [0, 0.1) is 5.92 Å². The van der Waals surface area contributed by atoms with Crippen molar-refractivity contribution >= 4 is 0 Å². The highest BCUT2D eigenvalue weighted by Gasteiger charge is 2.14. The molecule has 114 valence electrons. The van der Waals surface area contributed by atoms with Gasteiger partial charge in [0.2, 0.25) is 0 Å². The van der Waals surface area contributed by atoms with Gasteiger partial charge in [-0.05, 0) is 76.8 Å². The molecule has 0 saturated carbocycles. The van der Waals surface area contributed by atoms with Crippen LogP contribution in [-0.4, -0.2) is 37.1 Å². The minimum Gasteiger partial charge on any atom is -0.469 e. The first-order valence-electron chi connectivity index (χ1n) is 8.22. The van der Waals surface area contributed by atoms with Gasteiger partial charge in [-0.25, -0.2) is 0 Å². The highest BCUT2D eigenvalue weighted by Crippen LogP contribution is 2.15. The molecule has 1 atom stereocenters. The number of furan rings is 1. The zero-order chi connectivity index (χ0) is 14.2. The normalized spacial score (nSPS) is 19.3. The van der Waals surface area contributed by atoms with Gasteiger partial charge in [0.1, 0.15) is 5.76 Å². The first-order valence-corrected chi connectivity index (χ1v) is 8.22. The Morgan fingerprint density at radius 3 is 2.90 bits per heavy atom. The summed E-state index contributed by atoms with van der Waals surface area (Å²) >= 11 is 0. The Hall–Kier alpha value is -0.800. The molecule has 0 spiro atoms. The van der Waals surface area contributed by atoms with Crippen LogP contribution in [-0.2, 0) is 6.42 Å². The van der Waals surface area contributed by atoms with E-state index in [1.807, 2.05) is 6.07 Å². The van der Waals surface area contributed by atoms with Gasteiger partial charge in [-0.15, -0.1) is 0 Å². The number of hydrogen-bond donors (Lipinski definition) is 1. The summed E-state index contributed by atoms with van der Waals surface area (Å²) < 4.78 is 5.36. The van der Waals surface area contributed by atoms with Crippen LogP contribution in [0.2, 0.25) is 0 Å². The standard InChI is InChI=1S/C17H30N2O/c1-15-8-12-19(13-9-15)11-4-10-18-16(2)6-7-17-5-3-14-20-17/h3,5,14-16,18H,4,6-13H2,1-2H3. The Morgan fingerprint density at radius 1 is 1.40 bits per heavy atom. The lowest BCUT2D eigenvalue weighted by atomic mass is 9.99. The Labute approximate surface area is 123 Å². The minimum absolute atomic E-state index is 0.571. The summed E-state index contributed by atoms with van der Waals surface area (Å²) in [5, 5.41) is 3.63. The third-order valence-corrected chi connectivity index (χ3v) is 4.42. The molecule has 2 heterocycles. The molecule has 1 aromatic rings. The molecule has 3 nitrogen and oxygen atoms in total. The summed E-state index contributed by atoms with van der Waals surface area (Å²) in [7, 11) is 0. The van der Waals surface area contributed by atoms with E-state index in [0.29, 0.717) is 6.04 Å². The maximum atomic E-state index is 5.36. The lowest BCUT2D eigenvalue weighted by Gasteiger charge is -2.30. The summed E-state index contributed by atoms with van der Waals surface area (Å²) in [5.41, 5.74) is 0. The lowest BCUT2D eigenvalue weighted by Crippen LogP contribution is -2.35. The number of likely N-dealkylation sites (tertiary alicyclic amines) is 1. The second-order valence-electron chi connectivity index (χ2n) is 6.35. The average molecular weight is 278 g/mol. The SMILES string of the molecule is CC1CCN(CCCNC(C)CCc2ccco2)CC1. The van der Waals surface area contributed by atoms with Gasteiger partial charge in [0.15, 0.2) is 0 Å². The van der Waals surface area contributed by atoms with E-state index in [2.05, 4.69) is 30.1 Å². The van der Waals surface area contributed by atoms with E-state index in [9.17, 15) is 0 Å². The van der Waals surface area contributed by atoms with Crippen LogP contribution >= 0.6 is 0 Å². The van der Waals surface area contributed by atoms with Gasteiger partial charge in [0.05, 0.1) is 6.26 Å². The Kier molecular flexibility index (Phi) is 6.61. The van der Waals surface area contributed by atoms with E-state index in [0.717, 1.165) is 31.1 Å². The number of hydrogen-bond acceptors (Lipinski definition) is 3. The molecule has 0 radical (unpaired) electrons. The molecule has 0 aromatic carbocycles. The van der Waals surface area contributed by atoms with Crippen molar-refractivity contribution in [1.29, 1.82) is 0 Å². The van der Waals surface area contributed by atoms with Crippen molar-refractivity contribution in [2.75, 3.05) is 26.2 Å². The number of rotatable bonds is 8. The number of nitrogens with one attached hydrogen (secondary N) is 1. The van der Waals surface area contributed by atoms with Crippen LogP contribution in [0.1, 0.15) is 45.3 Å². The van der Waals surface area contributed by atoms with Crippen molar-refractivity contribution < 1.29 is 4.42 Å². The maximum absolute atomic E-state index is 5.36. The predicted molar refractivity (Wildman–Crippen MR) is 83.9 cm³/mol. The minimum atomic E-state index is 0.571. The Balaban J connectivity index is 1.48. The van der Waals surface area contributed by atoms with E-state index >= 15 is 0 Å². The predicted octanol–water partition coefficient (Wildman–Crippen LogP) is 3.31. The molecule has 1 fully saturated rings. The maximum Gasteiger partial charge on any atom is 0.103 e. The van der Waals surface area contributed by atoms with Gasteiger partial charge >= 0.3 is 0 Å². The van der Waals surface area contributed by atoms with E-state index in [1.165, 1.54) is 38.9 Å². The van der Waals surface area contributed by atoms with Crippen LogP contribution in [0.4, 0.5) is 0 Å². The van der Waals surface area contributed by atoms with Gasteiger partial charge in [0, 0.05) is 12.5 Å². The highest BCUT2D eigenvalue weighted by molar-refractivity contribution is 4.98. The number of nitrogens with zero attached hydrogens (tertiary/aromatic N) is 1. The highest BCUT2D eigenvalue weighted by atomic mass is 16.3. The van der Waals surface area contributed by atoms with Crippen molar-refractivity contribution in [1.82, 2.24) is 10.2 Å². The van der Waals surface area contributed by atoms with E-state index in [1.54, 1.807) is 6.26 Å². The third-order valence-electron chi connectivity index (χ3n) is 4.42. The molecule has 1 aliphatic rings. The molecule has 1 aromatic heterocycles. The fraction of sp³-hybridized carbons (Fsp3) is 0.765.